The van der Waals surface area contributed by atoms with Crippen LogP contribution in [0, 0.1) is 0 Å². The predicted molar refractivity (Wildman–Crippen MR) is 27.2 cm³/mol. The van der Waals surface area contributed by atoms with Crippen LogP contribution < -0.4 is 5.73 Å². The molecule has 0 aliphatic rings. The molecule has 36 valence electrons. The van der Waals surface area contributed by atoms with Gasteiger partial charge in [-0.3, -0.25) is 0 Å². The zero-order chi connectivity index (χ0) is 5.15. The van der Waals surface area contributed by atoms with Gasteiger partial charge in [-0.05, 0) is 0 Å². The Kier molecular flexibility index (Phi) is 2.26. The average molecular weight is 149 g/mol. The maximum absolute atomic E-state index is 9.94. The van der Waals surface area contributed by atoms with Crippen molar-refractivity contribution in [2.75, 3.05) is 0 Å². The van der Waals surface area contributed by atoms with Crippen LogP contribution in [0.3, 0.4) is 0 Å². The maximum atomic E-state index is 9.94. The van der Waals surface area contributed by atoms with Crippen LogP contribution in [-0.4, -0.2) is 22.8 Å². The average Bonchev–Trinajstić information content (AvgIpc) is 1.36. The molecule has 0 aliphatic carbocycles. The number of rotatable bonds is 1. The summed E-state index contributed by atoms with van der Waals surface area (Å²) in [5.41, 5.74) is 4.81. The van der Waals surface area contributed by atoms with Crippen molar-refractivity contribution in [2.45, 2.75) is 11.6 Å². The molecule has 0 saturated carbocycles. The Hall–Kier alpha value is 0.0284. The molecule has 3 heteroatoms. The Balaban J connectivity index is 3.26. The second-order valence-electron chi connectivity index (χ2n) is 1.19. The molecule has 0 fully saturated rings. The van der Waals surface area contributed by atoms with E-state index in [1.54, 1.807) is 6.92 Å². The molecule has 2 nitrogen and oxygen atoms in total. The standard InChI is InChI=1S/C3H8AsNO/c1-2(4)3(5)6/h2H,4H2,1H3,(H2,5,6). The van der Waals surface area contributed by atoms with Crippen LogP contribution >= 0.6 is 0 Å². The summed E-state index contributed by atoms with van der Waals surface area (Å²) in [6.45, 7) is 1.79. The molecule has 0 heterocycles. The van der Waals surface area contributed by atoms with E-state index in [1.165, 1.54) is 16.9 Å². The first-order valence-corrected chi connectivity index (χ1v) is 3.09. The minimum atomic E-state index is -0.213. The summed E-state index contributed by atoms with van der Waals surface area (Å²) >= 11 is 1.37. The van der Waals surface area contributed by atoms with Gasteiger partial charge in [0.05, 0.1) is 0 Å². The molecule has 0 rings (SSSR count). The number of carbonyl (C=O) groups excluding carboxylic acids is 1. The van der Waals surface area contributed by atoms with Crippen molar-refractivity contribution in [3.05, 3.63) is 0 Å². The van der Waals surface area contributed by atoms with Gasteiger partial charge in [0.25, 0.3) is 0 Å². The van der Waals surface area contributed by atoms with Crippen molar-refractivity contribution < 1.29 is 4.79 Å². The van der Waals surface area contributed by atoms with Crippen molar-refractivity contribution in [3.8, 4) is 0 Å². The van der Waals surface area contributed by atoms with Crippen LogP contribution in [0.5, 0.6) is 0 Å². The third-order valence-corrected chi connectivity index (χ3v) is 1.14. The number of amides is 1. The summed E-state index contributed by atoms with van der Waals surface area (Å²) in [6, 6.07) is 0. The molecule has 0 aliphatic heterocycles. The monoisotopic (exact) mass is 149 g/mol. The molecule has 0 bridgehead atoms. The van der Waals surface area contributed by atoms with Gasteiger partial charge in [0.15, 0.2) is 0 Å². The van der Waals surface area contributed by atoms with Gasteiger partial charge in [0, 0.05) is 0 Å². The summed E-state index contributed by atoms with van der Waals surface area (Å²) in [5.74, 6) is -0.213. The molecular formula is C3H8AsNO. The molecule has 0 aromatic carbocycles. The van der Waals surface area contributed by atoms with Gasteiger partial charge in [0.2, 0.25) is 0 Å². The third-order valence-electron chi connectivity index (χ3n) is 0.449. The van der Waals surface area contributed by atoms with Gasteiger partial charge < -0.3 is 0 Å². The second kappa shape index (κ2) is 2.25. The summed E-state index contributed by atoms with van der Waals surface area (Å²) in [7, 11) is 0. The van der Waals surface area contributed by atoms with E-state index in [-0.39, 0.29) is 10.6 Å². The summed E-state index contributed by atoms with van der Waals surface area (Å²) in [6.07, 6.45) is 0. The van der Waals surface area contributed by atoms with Crippen molar-refractivity contribution in [3.63, 3.8) is 0 Å². The SMILES string of the molecule is CC([AsH2])C(N)=O. The molecule has 2 unspecified atom stereocenters. The van der Waals surface area contributed by atoms with Crippen LogP contribution in [0.2, 0.25) is 4.71 Å². The van der Waals surface area contributed by atoms with Crippen molar-refractivity contribution in [1.82, 2.24) is 0 Å². The van der Waals surface area contributed by atoms with E-state index < -0.39 is 0 Å². The van der Waals surface area contributed by atoms with Crippen LogP contribution in [0.1, 0.15) is 6.92 Å². The van der Waals surface area contributed by atoms with Crippen LogP contribution in [0.4, 0.5) is 0 Å². The summed E-state index contributed by atoms with van der Waals surface area (Å²) < 4.78 is 0.0532. The second-order valence-corrected chi connectivity index (χ2v) is 3.29. The first kappa shape index (κ1) is 6.03. The van der Waals surface area contributed by atoms with Gasteiger partial charge in [-0.2, -0.15) is 0 Å². The van der Waals surface area contributed by atoms with E-state index in [1.807, 2.05) is 0 Å². The van der Waals surface area contributed by atoms with Gasteiger partial charge in [-0.25, -0.2) is 0 Å². The number of nitrogens with two attached hydrogens (primary N) is 1. The van der Waals surface area contributed by atoms with Gasteiger partial charge in [0.1, 0.15) is 0 Å². The predicted octanol–water partition coefficient (Wildman–Crippen LogP) is -1.09. The molecule has 0 saturated heterocycles. The molecule has 6 heavy (non-hydrogen) atoms. The minimum absolute atomic E-state index is 0.0532. The third kappa shape index (κ3) is 2.28. The van der Waals surface area contributed by atoms with Gasteiger partial charge in [-0.15, -0.1) is 0 Å². The van der Waals surface area contributed by atoms with Crippen molar-refractivity contribution in [1.29, 1.82) is 0 Å². The molecule has 2 N–H and O–H groups in total. The zero-order valence-electron chi connectivity index (χ0n) is 3.64. The molecular weight excluding hydrogens is 141 g/mol. The Morgan fingerprint density at radius 3 is 2.17 bits per heavy atom. The zero-order valence-corrected chi connectivity index (χ0v) is 6.06. The fraction of sp³-hybridized carbons (Fsp3) is 0.667. The van der Waals surface area contributed by atoms with E-state index in [0.717, 1.165) is 0 Å². The Bertz CT molecular complexity index is 61.8. The van der Waals surface area contributed by atoms with Crippen LogP contribution in [0.25, 0.3) is 0 Å². The van der Waals surface area contributed by atoms with E-state index in [2.05, 4.69) is 0 Å². The van der Waals surface area contributed by atoms with Gasteiger partial charge >= 0.3 is 44.9 Å². The van der Waals surface area contributed by atoms with Crippen LogP contribution in [0.15, 0.2) is 0 Å². The van der Waals surface area contributed by atoms with Crippen LogP contribution in [-0.2, 0) is 4.79 Å². The number of hydrogen-bond donors (Lipinski definition) is 1. The van der Waals surface area contributed by atoms with Gasteiger partial charge in [-0.1, -0.05) is 0 Å². The van der Waals surface area contributed by atoms with E-state index >= 15 is 0 Å². The molecule has 0 radical (unpaired) electrons. The topological polar surface area (TPSA) is 43.1 Å². The molecule has 2 atom stereocenters. The first-order valence-electron chi connectivity index (χ1n) is 1.69. The number of carbonyl (C=O) groups is 1. The van der Waals surface area contributed by atoms with E-state index in [0.29, 0.717) is 0 Å². The Morgan fingerprint density at radius 1 is 2.00 bits per heavy atom. The summed E-state index contributed by atoms with van der Waals surface area (Å²) in [5, 5.41) is 0. The molecule has 0 aromatic rings. The van der Waals surface area contributed by atoms with E-state index in [4.69, 9.17) is 5.73 Å². The van der Waals surface area contributed by atoms with Crippen molar-refractivity contribution in [2.24, 2.45) is 5.73 Å². The molecule has 0 aromatic heterocycles. The first-order chi connectivity index (χ1) is 2.64. The number of primary amides is 1. The molecule has 1 amide bonds. The quantitative estimate of drug-likeness (QED) is 0.473. The van der Waals surface area contributed by atoms with Crippen molar-refractivity contribution >= 4 is 22.8 Å². The number of hydrogen-bond acceptors (Lipinski definition) is 1. The fourth-order valence-corrected chi connectivity index (χ4v) is 0. The normalized spacial score (nSPS) is 13.7. The Labute approximate surface area is 45.6 Å². The Morgan fingerprint density at radius 2 is 2.17 bits per heavy atom. The molecule has 0 spiro atoms. The van der Waals surface area contributed by atoms with E-state index in [9.17, 15) is 4.79 Å². The fourth-order valence-electron chi connectivity index (χ4n) is 0. The summed E-state index contributed by atoms with van der Waals surface area (Å²) in [4.78, 5) is 9.94.